The van der Waals surface area contributed by atoms with Gasteiger partial charge in [0.1, 0.15) is 0 Å². The highest BCUT2D eigenvalue weighted by Crippen LogP contribution is 2.30. The van der Waals surface area contributed by atoms with Crippen LogP contribution in [0.2, 0.25) is 10.0 Å². The molecule has 0 saturated heterocycles. The number of carboxylic acids is 1. The summed E-state index contributed by atoms with van der Waals surface area (Å²) in [5, 5.41) is 16.8. The minimum atomic E-state index is -1.10. The molecule has 0 atom stereocenters. The number of amides is 2. The van der Waals surface area contributed by atoms with Crippen LogP contribution in [0, 0.1) is 0 Å². The van der Waals surface area contributed by atoms with Gasteiger partial charge in [-0.3, -0.25) is 9.59 Å². The standard InChI is InChI=1S/C26H18Cl2N2O4S/c27-20-8-3-9-21(24(20)28)30-22(31)14-35-17-12-10-16(11-13-17)29-25(32)18-6-1-4-15-5-2-7-19(23(15)18)26(33)34/h1-13H,14H2,(H,29,32)(H,30,31)(H,33,34). The van der Waals surface area contributed by atoms with Crippen molar-refractivity contribution in [2.24, 2.45) is 0 Å². The quantitative estimate of drug-likeness (QED) is 0.230. The molecule has 0 aliphatic carbocycles. The van der Waals surface area contributed by atoms with E-state index in [2.05, 4.69) is 10.6 Å². The summed E-state index contributed by atoms with van der Waals surface area (Å²) in [5.41, 5.74) is 1.33. The number of aromatic carboxylic acids is 1. The highest BCUT2D eigenvalue weighted by atomic mass is 35.5. The van der Waals surface area contributed by atoms with Gasteiger partial charge in [-0.15, -0.1) is 11.8 Å². The Morgan fingerprint density at radius 1 is 0.800 bits per heavy atom. The Labute approximate surface area is 215 Å². The molecule has 0 fully saturated rings. The van der Waals surface area contributed by atoms with Crippen molar-refractivity contribution in [2.75, 3.05) is 16.4 Å². The molecule has 35 heavy (non-hydrogen) atoms. The van der Waals surface area contributed by atoms with Crippen molar-refractivity contribution in [3.63, 3.8) is 0 Å². The van der Waals surface area contributed by atoms with Crippen LogP contribution in [0.5, 0.6) is 0 Å². The summed E-state index contributed by atoms with van der Waals surface area (Å²) >= 11 is 13.4. The van der Waals surface area contributed by atoms with Crippen LogP contribution in [-0.4, -0.2) is 28.6 Å². The van der Waals surface area contributed by atoms with Gasteiger partial charge in [0.25, 0.3) is 5.91 Å². The molecule has 6 nitrogen and oxygen atoms in total. The third kappa shape index (κ3) is 5.77. The summed E-state index contributed by atoms with van der Waals surface area (Å²) in [6.07, 6.45) is 0. The third-order valence-electron chi connectivity index (χ3n) is 5.09. The number of carbonyl (C=O) groups is 3. The lowest BCUT2D eigenvalue weighted by Gasteiger charge is -2.11. The fourth-order valence-electron chi connectivity index (χ4n) is 3.48. The van der Waals surface area contributed by atoms with Crippen molar-refractivity contribution in [3.05, 3.63) is 100 Å². The molecular formula is C26H18Cl2N2O4S. The van der Waals surface area contributed by atoms with Gasteiger partial charge in [0.05, 0.1) is 27.0 Å². The van der Waals surface area contributed by atoms with Crippen LogP contribution in [0.15, 0.2) is 83.8 Å². The van der Waals surface area contributed by atoms with Crippen LogP contribution in [0.4, 0.5) is 11.4 Å². The molecule has 9 heteroatoms. The van der Waals surface area contributed by atoms with Crippen molar-refractivity contribution in [1.82, 2.24) is 0 Å². The highest BCUT2D eigenvalue weighted by Gasteiger charge is 2.17. The maximum absolute atomic E-state index is 12.9. The molecule has 0 spiro atoms. The third-order valence-corrected chi connectivity index (χ3v) is 6.92. The van der Waals surface area contributed by atoms with Crippen LogP contribution in [-0.2, 0) is 4.79 Å². The molecule has 0 aliphatic heterocycles. The van der Waals surface area contributed by atoms with E-state index in [0.29, 0.717) is 27.2 Å². The number of benzene rings is 4. The van der Waals surface area contributed by atoms with Gasteiger partial charge in [0.2, 0.25) is 5.91 Å². The number of anilines is 2. The lowest BCUT2D eigenvalue weighted by molar-refractivity contribution is -0.113. The average molecular weight is 525 g/mol. The smallest absolute Gasteiger partial charge is 0.336 e. The van der Waals surface area contributed by atoms with Crippen molar-refractivity contribution >= 4 is 74.9 Å². The molecule has 3 N–H and O–H groups in total. The van der Waals surface area contributed by atoms with E-state index >= 15 is 0 Å². The summed E-state index contributed by atoms with van der Waals surface area (Å²) in [6, 6.07) is 22.0. The number of halogens is 2. The first-order valence-electron chi connectivity index (χ1n) is 10.4. The largest absolute Gasteiger partial charge is 0.478 e. The predicted octanol–water partition coefficient (Wildman–Crippen LogP) is 6.83. The normalized spacial score (nSPS) is 10.7. The Kier molecular flexibility index (Phi) is 7.60. The second kappa shape index (κ2) is 10.8. The molecule has 2 amide bonds. The Hall–Kier alpha value is -3.52. The maximum atomic E-state index is 12.9. The molecule has 4 aromatic rings. The SMILES string of the molecule is O=C(CSc1ccc(NC(=O)c2cccc3cccc(C(=O)O)c23)cc1)Nc1cccc(Cl)c1Cl. The summed E-state index contributed by atoms with van der Waals surface area (Å²) in [5.74, 6) is -1.59. The lowest BCUT2D eigenvalue weighted by Crippen LogP contribution is -2.14. The van der Waals surface area contributed by atoms with Gasteiger partial charge in [-0.2, -0.15) is 0 Å². The first kappa shape index (κ1) is 24.6. The zero-order valence-corrected chi connectivity index (χ0v) is 20.4. The molecule has 0 heterocycles. The van der Waals surface area contributed by atoms with Gasteiger partial charge in [-0.25, -0.2) is 4.79 Å². The van der Waals surface area contributed by atoms with E-state index < -0.39 is 11.9 Å². The molecular weight excluding hydrogens is 507 g/mol. The Morgan fingerprint density at radius 3 is 2.14 bits per heavy atom. The van der Waals surface area contributed by atoms with Crippen LogP contribution < -0.4 is 10.6 Å². The van der Waals surface area contributed by atoms with Crippen LogP contribution in [0.3, 0.4) is 0 Å². The van der Waals surface area contributed by atoms with Crippen molar-refractivity contribution in [1.29, 1.82) is 0 Å². The Balaban J connectivity index is 1.41. The minimum Gasteiger partial charge on any atom is -0.478 e. The van der Waals surface area contributed by atoms with Gasteiger partial charge in [0, 0.05) is 21.5 Å². The van der Waals surface area contributed by atoms with Crippen LogP contribution >= 0.6 is 35.0 Å². The predicted molar refractivity (Wildman–Crippen MR) is 141 cm³/mol. The number of carbonyl (C=O) groups excluding carboxylic acids is 2. The summed E-state index contributed by atoms with van der Waals surface area (Å²) < 4.78 is 0. The topological polar surface area (TPSA) is 95.5 Å². The van der Waals surface area contributed by atoms with E-state index in [1.807, 2.05) is 0 Å². The molecule has 0 aliphatic rings. The number of nitrogens with one attached hydrogen (secondary N) is 2. The van der Waals surface area contributed by atoms with Gasteiger partial charge in [0.15, 0.2) is 0 Å². The number of carboxylic acid groups (broad SMARTS) is 1. The van der Waals surface area contributed by atoms with Crippen molar-refractivity contribution in [2.45, 2.75) is 4.90 Å². The van der Waals surface area contributed by atoms with Gasteiger partial charge < -0.3 is 15.7 Å². The van der Waals surface area contributed by atoms with Gasteiger partial charge in [-0.1, -0.05) is 53.5 Å². The van der Waals surface area contributed by atoms with E-state index in [4.69, 9.17) is 23.2 Å². The number of thioether (sulfide) groups is 1. The zero-order valence-electron chi connectivity index (χ0n) is 18.0. The number of hydrogen-bond donors (Lipinski definition) is 3. The first-order valence-corrected chi connectivity index (χ1v) is 12.1. The van der Waals surface area contributed by atoms with E-state index in [1.165, 1.54) is 17.8 Å². The monoisotopic (exact) mass is 524 g/mol. The number of rotatable bonds is 7. The lowest BCUT2D eigenvalue weighted by atomic mass is 9.98. The molecule has 0 bridgehead atoms. The van der Waals surface area contributed by atoms with E-state index in [9.17, 15) is 19.5 Å². The molecule has 176 valence electrons. The molecule has 0 saturated carbocycles. The Morgan fingerprint density at radius 2 is 1.46 bits per heavy atom. The van der Waals surface area contributed by atoms with Gasteiger partial charge >= 0.3 is 5.97 Å². The van der Waals surface area contributed by atoms with Crippen LogP contribution in [0.25, 0.3) is 10.8 Å². The fraction of sp³-hybridized carbons (Fsp3) is 0.0385. The molecule has 4 aromatic carbocycles. The molecule has 4 rings (SSSR count). The second-order valence-corrected chi connectivity index (χ2v) is 9.27. The minimum absolute atomic E-state index is 0.0670. The summed E-state index contributed by atoms with van der Waals surface area (Å²) in [4.78, 5) is 37.7. The number of hydrogen-bond acceptors (Lipinski definition) is 4. The van der Waals surface area contributed by atoms with E-state index in [-0.39, 0.29) is 27.8 Å². The highest BCUT2D eigenvalue weighted by molar-refractivity contribution is 8.00. The number of fused-ring (bicyclic) bond motifs is 1. The first-order chi connectivity index (χ1) is 16.8. The van der Waals surface area contributed by atoms with Crippen molar-refractivity contribution < 1.29 is 19.5 Å². The molecule has 0 unspecified atom stereocenters. The second-order valence-electron chi connectivity index (χ2n) is 7.43. The van der Waals surface area contributed by atoms with Crippen molar-refractivity contribution in [3.8, 4) is 0 Å². The molecule has 0 aromatic heterocycles. The summed E-state index contributed by atoms with van der Waals surface area (Å²) in [6.45, 7) is 0. The summed E-state index contributed by atoms with van der Waals surface area (Å²) in [7, 11) is 0. The average Bonchev–Trinajstić information content (AvgIpc) is 2.85. The molecule has 0 radical (unpaired) electrons. The van der Waals surface area contributed by atoms with E-state index in [1.54, 1.807) is 72.8 Å². The van der Waals surface area contributed by atoms with E-state index in [0.717, 1.165) is 4.90 Å². The zero-order chi connectivity index (χ0) is 24.9. The van der Waals surface area contributed by atoms with Crippen LogP contribution in [0.1, 0.15) is 20.7 Å². The Bertz CT molecular complexity index is 1440. The maximum Gasteiger partial charge on any atom is 0.336 e. The van der Waals surface area contributed by atoms with Gasteiger partial charge in [-0.05, 0) is 53.9 Å². The fourth-order valence-corrected chi connectivity index (χ4v) is 4.52.